The Kier molecular flexibility index (Phi) is 3.09. The first-order chi connectivity index (χ1) is 10.4. The van der Waals surface area contributed by atoms with E-state index in [0.29, 0.717) is 16.9 Å². The smallest absolute Gasteiger partial charge is 0.175 e. The monoisotopic (exact) mass is 302 g/mol. The van der Waals surface area contributed by atoms with Crippen LogP contribution in [0.5, 0.6) is 0 Å². The van der Waals surface area contributed by atoms with E-state index >= 15 is 0 Å². The molecule has 2 heteroatoms. The molecule has 0 radical (unpaired) electrons. The minimum absolute atomic E-state index is 0.0874. The van der Waals surface area contributed by atoms with Crippen LogP contribution in [-0.2, 0) is 9.47 Å². The molecule has 3 aliphatic carbocycles. The normalized spacial score (nSPS) is 51.9. The SMILES string of the molecule is C#CCC12CCCC1(OC1CC3CCC1(C)C3(C)C)OCC2. The highest BCUT2D eigenvalue weighted by Gasteiger charge is 2.67. The number of ether oxygens (including phenoxy) is 2. The second-order valence-electron chi connectivity index (χ2n) is 9.08. The number of terminal acetylenes is 1. The maximum atomic E-state index is 6.89. The molecule has 1 aliphatic heterocycles. The van der Waals surface area contributed by atoms with Crippen LogP contribution in [0.1, 0.15) is 72.1 Å². The van der Waals surface area contributed by atoms with Gasteiger partial charge in [0.1, 0.15) is 0 Å². The van der Waals surface area contributed by atoms with Crippen molar-refractivity contribution < 1.29 is 9.47 Å². The summed E-state index contributed by atoms with van der Waals surface area (Å²) in [6, 6.07) is 0. The first-order valence-electron chi connectivity index (χ1n) is 9.14. The zero-order valence-electron chi connectivity index (χ0n) is 14.4. The van der Waals surface area contributed by atoms with Crippen LogP contribution in [0.3, 0.4) is 0 Å². The third kappa shape index (κ3) is 1.60. The van der Waals surface area contributed by atoms with Crippen LogP contribution in [0.15, 0.2) is 0 Å². The largest absolute Gasteiger partial charge is 0.349 e. The van der Waals surface area contributed by atoms with Gasteiger partial charge in [0.05, 0.1) is 12.7 Å². The average molecular weight is 302 g/mol. The van der Waals surface area contributed by atoms with Crippen LogP contribution < -0.4 is 0 Å². The number of hydrogen-bond donors (Lipinski definition) is 0. The van der Waals surface area contributed by atoms with E-state index in [4.69, 9.17) is 15.9 Å². The Morgan fingerprint density at radius 1 is 1.18 bits per heavy atom. The second kappa shape index (κ2) is 4.52. The fourth-order valence-electron chi connectivity index (χ4n) is 6.33. The van der Waals surface area contributed by atoms with Crippen molar-refractivity contribution in [2.75, 3.05) is 6.61 Å². The summed E-state index contributed by atoms with van der Waals surface area (Å²) in [6.07, 6.45) is 15.2. The minimum Gasteiger partial charge on any atom is -0.349 e. The van der Waals surface area contributed by atoms with Gasteiger partial charge in [0.25, 0.3) is 0 Å². The van der Waals surface area contributed by atoms with Crippen molar-refractivity contribution in [3.63, 3.8) is 0 Å². The van der Waals surface area contributed by atoms with E-state index in [1.54, 1.807) is 0 Å². The summed E-state index contributed by atoms with van der Waals surface area (Å²) < 4.78 is 13.2. The lowest BCUT2D eigenvalue weighted by molar-refractivity contribution is -0.286. The molecule has 0 spiro atoms. The standard InChI is InChI=1S/C20H30O2/c1-5-8-19-9-6-10-20(19,21-13-12-19)22-16-14-15-7-11-18(16,4)17(15,2)3/h1,15-16H,6-14H2,2-4H3. The van der Waals surface area contributed by atoms with Gasteiger partial charge in [-0.25, -0.2) is 0 Å². The van der Waals surface area contributed by atoms with Crippen molar-refractivity contribution in [3.8, 4) is 12.3 Å². The molecule has 22 heavy (non-hydrogen) atoms. The molecule has 1 saturated heterocycles. The predicted octanol–water partition coefficient (Wildman–Crippen LogP) is 4.53. The Labute approximate surface area is 135 Å². The molecule has 2 bridgehead atoms. The lowest BCUT2D eigenvalue weighted by Gasteiger charge is -2.46. The van der Waals surface area contributed by atoms with Gasteiger partial charge in [-0.2, -0.15) is 0 Å². The molecule has 5 atom stereocenters. The lowest BCUT2D eigenvalue weighted by atomic mass is 9.69. The summed E-state index contributed by atoms with van der Waals surface area (Å²) in [7, 11) is 0. The van der Waals surface area contributed by atoms with Crippen molar-refractivity contribution in [2.24, 2.45) is 22.2 Å². The summed E-state index contributed by atoms with van der Waals surface area (Å²) >= 11 is 0. The molecule has 0 aromatic rings. The molecule has 4 fully saturated rings. The molecule has 0 N–H and O–H groups in total. The first kappa shape index (κ1) is 15.0. The van der Waals surface area contributed by atoms with E-state index in [9.17, 15) is 0 Å². The Balaban J connectivity index is 1.63. The Hall–Kier alpha value is -0.520. The van der Waals surface area contributed by atoms with E-state index < -0.39 is 0 Å². The van der Waals surface area contributed by atoms with Gasteiger partial charge in [0, 0.05) is 18.3 Å². The van der Waals surface area contributed by atoms with Crippen molar-refractivity contribution in [2.45, 2.75) is 84.0 Å². The number of fused-ring (bicyclic) bond motifs is 3. The fourth-order valence-corrected chi connectivity index (χ4v) is 6.33. The summed E-state index contributed by atoms with van der Waals surface area (Å²) in [5.74, 6) is 3.35. The van der Waals surface area contributed by atoms with E-state index in [2.05, 4.69) is 26.7 Å². The van der Waals surface area contributed by atoms with E-state index in [-0.39, 0.29) is 11.2 Å². The molecular weight excluding hydrogens is 272 g/mol. The quantitative estimate of drug-likeness (QED) is 0.713. The lowest BCUT2D eigenvalue weighted by Crippen LogP contribution is -2.49. The molecule has 0 aromatic heterocycles. The highest BCUT2D eigenvalue weighted by molar-refractivity contribution is 5.14. The first-order valence-corrected chi connectivity index (χ1v) is 9.14. The molecule has 2 nitrogen and oxygen atoms in total. The predicted molar refractivity (Wildman–Crippen MR) is 87.1 cm³/mol. The molecule has 4 aliphatic rings. The van der Waals surface area contributed by atoms with Gasteiger partial charge in [-0.15, -0.1) is 12.3 Å². The Morgan fingerprint density at radius 3 is 2.64 bits per heavy atom. The van der Waals surface area contributed by atoms with Gasteiger partial charge in [0.15, 0.2) is 5.79 Å². The van der Waals surface area contributed by atoms with Crippen LogP contribution in [0.25, 0.3) is 0 Å². The highest BCUT2D eigenvalue weighted by atomic mass is 16.7. The summed E-state index contributed by atoms with van der Waals surface area (Å²) in [5, 5.41) is 0. The van der Waals surface area contributed by atoms with Crippen LogP contribution in [0.2, 0.25) is 0 Å². The highest BCUT2D eigenvalue weighted by Crippen LogP contribution is 2.68. The van der Waals surface area contributed by atoms with Crippen LogP contribution in [0.4, 0.5) is 0 Å². The van der Waals surface area contributed by atoms with Gasteiger partial charge in [-0.3, -0.25) is 0 Å². The maximum absolute atomic E-state index is 6.89. The van der Waals surface area contributed by atoms with Crippen molar-refractivity contribution in [3.05, 3.63) is 0 Å². The summed E-state index contributed by atoms with van der Waals surface area (Å²) in [4.78, 5) is 0. The van der Waals surface area contributed by atoms with Crippen molar-refractivity contribution in [1.82, 2.24) is 0 Å². The summed E-state index contributed by atoms with van der Waals surface area (Å²) in [6.45, 7) is 8.17. The van der Waals surface area contributed by atoms with Gasteiger partial charge in [-0.05, 0) is 55.3 Å². The van der Waals surface area contributed by atoms with Crippen LogP contribution in [-0.4, -0.2) is 18.5 Å². The molecule has 3 saturated carbocycles. The van der Waals surface area contributed by atoms with Gasteiger partial charge in [0.2, 0.25) is 0 Å². The van der Waals surface area contributed by atoms with Crippen LogP contribution in [0, 0.1) is 34.5 Å². The molecule has 0 amide bonds. The zero-order chi connectivity index (χ0) is 15.6. The Bertz CT molecular complexity index is 504. The molecule has 0 aromatic carbocycles. The fraction of sp³-hybridized carbons (Fsp3) is 0.900. The minimum atomic E-state index is -0.381. The third-order valence-electron chi connectivity index (χ3n) is 8.37. The van der Waals surface area contributed by atoms with E-state index in [1.165, 1.54) is 32.1 Å². The molecular formula is C20H30O2. The maximum Gasteiger partial charge on any atom is 0.175 e. The van der Waals surface area contributed by atoms with Gasteiger partial charge >= 0.3 is 0 Å². The zero-order valence-corrected chi connectivity index (χ0v) is 14.4. The van der Waals surface area contributed by atoms with Gasteiger partial charge < -0.3 is 9.47 Å². The van der Waals surface area contributed by atoms with Crippen LogP contribution >= 0.6 is 0 Å². The average Bonchev–Trinajstić information content (AvgIpc) is 3.06. The number of rotatable bonds is 3. The Morgan fingerprint density at radius 2 is 2.00 bits per heavy atom. The molecule has 4 rings (SSSR count). The molecule has 5 unspecified atom stereocenters. The topological polar surface area (TPSA) is 18.5 Å². The van der Waals surface area contributed by atoms with Crippen molar-refractivity contribution >= 4 is 0 Å². The van der Waals surface area contributed by atoms with Crippen molar-refractivity contribution in [1.29, 1.82) is 0 Å². The molecule has 122 valence electrons. The van der Waals surface area contributed by atoms with E-state index in [1.807, 2.05) is 0 Å². The summed E-state index contributed by atoms with van der Waals surface area (Å²) in [5.41, 5.74) is 0.771. The number of hydrogen-bond acceptors (Lipinski definition) is 2. The van der Waals surface area contributed by atoms with E-state index in [0.717, 1.165) is 31.8 Å². The molecule has 1 heterocycles. The second-order valence-corrected chi connectivity index (χ2v) is 9.08. The van der Waals surface area contributed by atoms with Gasteiger partial charge in [-0.1, -0.05) is 20.8 Å². The third-order valence-corrected chi connectivity index (χ3v) is 8.37.